The van der Waals surface area contributed by atoms with E-state index in [2.05, 4.69) is 53.9 Å². The Bertz CT molecular complexity index is 536. The molecule has 5 nitrogen and oxygen atoms in total. The second kappa shape index (κ2) is 8.72. The van der Waals surface area contributed by atoms with Gasteiger partial charge in [0.2, 0.25) is 5.91 Å². The topological polar surface area (TPSA) is 48.5 Å². The fraction of sp³-hybridized carbons (Fsp3) is 0.667. The monoisotopic (exact) mass is 350 g/mol. The number of rotatable bonds is 6. The van der Waals surface area contributed by atoms with Crippen molar-refractivity contribution in [1.82, 2.24) is 15.2 Å². The number of aromatic nitrogens is 1. The molecular weight excluding hydrogens is 320 g/mol. The number of carbonyl (C=O) groups excluding carboxylic acids is 1. The van der Waals surface area contributed by atoms with Gasteiger partial charge in [0, 0.05) is 43.7 Å². The first-order valence-electron chi connectivity index (χ1n) is 8.70. The van der Waals surface area contributed by atoms with Crippen LogP contribution in [0.25, 0.3) is 0 Å². The van der Waals surface area contributed by atoms with Gasteiger partial charge in [-0.1, -0.05) is 27.7 Å². The lowest BCUT2D eigenvalue weighted by Crippen LogP contribution is -2.46. The third-order valence-corrected chi connectivity index (χ3v) is 5.35. The largest absolute Gasteiger partial charge is 0.354 e. The van der Waals surface area contributed by atoms with E-state index in [1.54, 1.807) is 11.8 Å². The van der Waals surface area contributed by atoms with E-state index in [-0.39, 0.29) is 10.7 Å². The third-order valence-electron chi connectivity index (χ3n) is 4.08. The van der Waals surface area contributed by atoms with Crippen LogP contribution < -0.4 is 10.2 Å². The van der Waals surface area contributed by atoms with Crippen LogP contribution in [0.4, 0.5) is 5.82 Å². The van der Waals surface area contributed by atoms with Gasteiger partial charge in [-0.15, -0.1) is 11.8 Å². The molecule has 0 bridgehead atoms. The SMILES string of the molecule is CCN1CCN(c2cc(CNC(=O)CSC(C)(C)C)ccn2)CC1. The smallest absolute Gasteiger partial charge is 0.230 e. The van der Waals surface area contributed by atoms with Crippen molar-refractivity contribution in [3.63, 3.8) is 0 Å². The van der Waals surface area contributed by atoms with Crippen molar-refractivity contribution >= 4 is 23.5 Å². The minimum atomic E-state index is 0.0878. The molecule has 24 heavy (non-hydrogen) atoms. The minimum Gasteiger partial charge on any atom is -0.354 e. The molecule has 0 unspecified atom stereocenters. The van der Waals surface area contributed by atoms with Gasteiger partial charge in [0.1, 0.15) is 5.82 Å². The summed E-state index contributed by atoms with van der Waals surface area (Å²) in [7, 11) is 0. The first-order chi connectivity index (χ1) is 11.4. The number of anilines is 1. The molecule has 1 N–H and O–H groups in total. The number of carbonyl (C=O) groups is 1. The van der Waals surface area contributed by atoms with E-state index >= 15 is 0 Å². The third kappa shape index (κ3) is 6.32. The van der Waals surface area contributed by atoms with Crippen molar-refractivity contribution in [2.24, 2.45) is 0 Å². The summed E-state index contributed by atoms with van der Waals surface area (Å²) in [5.41, 5.74) is 1.10. The van der Waals surface area contributed by atoms with Crippen LogP contribution in [0, 0.1) is 0 Å². The second-order valence-corrected chi connectivity index (χ2v) is 8.92. The van der Waals surface area contributed by atoms with Crippen molar-refractivity contribution in [2.75, 3.05) is 43.4 Å². The highest BCUT2D eigenvalue weighted by atomic mass is 32.2. The maximum absolute atomic E-state index is 12.0. The molecule has 0 spiro atoms. The van der Waals surface area contributed by atoms with Gasteiger partial charge in [-0.05, 0) is 24.2 Å². The van der Waals surface area contributed by atoms with Gasteiger partial charge in [0.05, 0.1) is 5.75 Å². The van der Waals surface area contributed by atoms with Gasteiger partial charge in [-0.25, -0.2) is 4.98 Å². The Morgan fingerprint density at radius 3 is 2.62 bits per heavy atom. The van der Waals surface area contributed by atoms with Crippen LogP contribution in [0.1, 0.15) is 33.3 Å². The number of piperazine rings is 1. The van der Waals surface area contributed by atoms with Gasteiger partial charge in [0.15, 0.2) is 0 Å². The Morgan fingerprint density at radius 1 is 1.29 bits per heavy atom. The molecule has 134 valence electrons. The predicted octanol–water partition coefficient (Wildman–Crippen LogP) is 2.37. The summed E-state index contributed by atoms with van der Waals surface area (Å²) in [6, 6.07) is 4.07. The summed E-state index contributed by atoms with van der Waals surface area (Å²) < 4.78 is 0.113. The van der Waals surface area contributed by atoms with Gasteiger partial charge in [0.25, 0.3) is 0 Å². The number of pyridine rings is 1. The molecule has 0 aliphatic carbocycles. The predicted molar refractivity (Wildman–Crippen MR) is 103 cm³/mol. The van der Waals surface area contributed by atoms with E-state index in [1.165, 1.54) is 0 Å². The van der Waals surface area contributed by atoms with Crippen LogP contribution in [-0.2, 0) is 11.3 Å². The zero-order valence-electron chi connectivity index (χ0n) is 15.3. The molecule has 1 amide bonds. The number of hydrogen-bond donors (Lipinski definition) is 1. The summed E-state index contributed by atoms with van der Waals surface area (Å²) in [5.74, 6) is 1.60. The van der Waals surface area contributed by atoms with Crippen molar-refractivity contribution in [1.29, 1.82) is 0 Å². The zero-order chi connectivity index (χ0) is 17.6. The van der Waals surface area contributed by atoms with E-state index in [0.717, 1.165) is 44.1 Å². The Hall–Kier alpha value is -1.27. The lowest BCUT2D eigenvalue weighted by Gasteiger charge is -2.34. The molecule has 2 heterocycles. The number of likely N-dealkylation sites (N-methyl/N-ethyl adjacent to an activating group) is 1. The van der Waals surface area contributed by atoms with Crippen LogP contribution >= 0.6 is 11.8 Å². The molecule has 6 heteroatoms. The number of hydrogen-bond acceptors (Lipinski definition) is 5. The van der Waals surface area contributed by atoms with Gasteiger partial charge in [-0.2, -0.15) is 0 Å². The summed E-state index contributed by atoms with van der Waals surface area (Å²) in [6.07, 6.45) is 1.84. The number of nitrogens with zero attached hydrogens (tertiary/aromatic N) is 3. The van der Waals surface area contributed by atoms with E-state index < -0.39 is 0 Å². The van der Waals surface area contributed by atoms with Crippen molar-refractivity contribution in [3.8, 4) is 0 Å². The molecule has 0 radical (unpaired) electrons. The number of nitrogens with one attached hydrogen (secondary N) is 1. The second-order valence-electron chi connectivity index (χ2n) is 7.12. The van der Waals surface area contributed by atoms with Gasteiger partial charge in [-0.3, -0.25) is 4.79 Å². The number of amides is 1. The van der Waals surface area contributed by atoms with Crippen LogP contribution in [0.5, 0.6) is 0 Å². The van der Waals surface area contributed by atoms with E-state index in [0.29, 0.717) is 12.3 Å². The Morgan fingerprint density at radius 2 is 2.00 bits per heavy atom. The maximum atomic E-state index is 12.0. The molecule has 1 aliphatic heterocycles. The molecule has 1 saturated heterocycles. The normalized spacial score (nSPS) is 16.2. The first kappa shape index (κ1) is 19.1. The summed E-state index contributed by atoms with van der Waals surface area (Å²) in [4.78, 5) is 21.2. The van der Waals surface area contributed by atoms with Crippen LogP contribution in [0.3, 0.4) is 0 Å². The van der Waals surface area contributed by atoms with Crippen molar-refractivity contribution < 1.29 is 4.79 Å². The van der Waals surface area contributed by atoms with Gasteiger partial charge < -0.3 is 15.1 Å². The summed E-state index contributed by atoms with van der Waals surface area (Å²) in [5, 5.41) is 3.00. The zero-order valence-corrected chi connectivity index (χ0v) is 16.2. The maximum Gasteiger partial charge on any atom is 0.230 e. The number of thioether (sulfide) groups is 1. The highest BCUT2D eigenvalue weighted by Gasteiger charge is 2.17. The van der Waals surface area contributed by atoms with E-state index in [4.69, 9.17) is 0 Å². The fourth-order valence-electron chi connectivity index (χ4n) is 2.57. The molecule has 1 aromatic rings. The molecule has 0 atom stereocenters. The first-order valence-corrected chi connectivity index (χ1v) is 9.69. The van der Waals surface area contributed by atoms with Gasteiger partial charge >= 0.3 is 0 Å². The molecule has 1 fully saturated rings. The van der Waals surface area contributed by atoms with Crippen LogP contribution in [0.2, 0.25) is 0 Å². The molecule has 1 aromatic heterocycles. The highest BCUT2D eigenvalue weighted by Crippen LogP contribution is 2.22. The quantitative estimate of drug-likeness (QED) is 0.853. The molecule has 0 saturated carbocycles. The van der Waals surface area contributed by atoms with Crippen LogP contribution in [0.15, 0.2) is 18.3 Å². The van der Waals surface area contributed by atoms with E-state index in [9.17, 15) is 4.79 Å². The lowest BCUT2D eigenvalue weighted by molar-refractivity contribution is -0.118. The standard InChI is InChI=1S/C18H30N4OS/c1-5-21-8-10-22(11-9-21)16-12-15(6-7-19-16)13-20-17(23)14-24-18(2,3)4/h6-7,12H,5,8-11,13-14H2,1-4H3,(H,20,23). The van der Waals surface area contributed by atoms with E-state index in [1.807, 2.05) is 12.3 Å². The minimum absolute atomic E-state index is 0.0878. The Balaban J connectivity index is 1.83. The average molecular weight is 351 g/mol. The average Bonchev–Trinajstić information content (AvgIpc) is 2.58. The highest BCUT2D eigenvalue weighted by molar-refractivity contribution is 8.01. The Kier molecular flexibility index (Phi) is 6.92. The van der Waals surface area contributed by atoms with Crippen molar-refractivity contribution in [3.05, 3.63) is 23.9 Å². The fourth-order valence-corrected chi connectivity index (χ4v) is 3.24. The Labute approximate surface area is 150 Å². The molecule has 2 rings (SSSR count). The van der Waals surface area contributed by atoms with Crippen LogP contribution in [-0.4, -0.2) is 59.0 Å². The summed E-state index contributed by atoms with van der Waals surface area (Å²) >= 11 is 1.67. The summed E-state index contributed by atoms with van der Waals surface area (Å²) in [6.45, 7) is 14.4. The van der Waals surface area contributed by atoms with Crippen molar-refractivity contribution in [2.45, 2.75) is 39.0 Å². The molecule has 1 aliphatic rings. The lowest BCUT2D eigenvalue weighted by atomic mass is 10.2. The molecular formula is C18H30N4OS. The molecule has 0 aromatic carbocycles.